The average Bonchev–Trinajstić information content (AvgIpc) is 2.53. The third-order valence-electron chi connectivity index (χ3n) is 3.58. The normalized spacial score (nSPS) is 22.4. The first kappa shape index (κ1) is 13.1. The van der Waals surface area contributed by atoms with Crippen molar-refractivity contribution in [1.82, 2.24) is 0 Å². The zero-order valence-corrected chi connectivity index (χ0v) is 11.2. The third kappa shape index (κ3) is 2.03. The van der Waals surface area contributed by atoms with Gasteiger partial charge in [-0.3, -0.25) is 4.79 Å². The summed E-state index contributed by atoms with van der Waals surface area (Å²) in [6, 6.07) is 5.23. The highest BCUT2D eigenvalue weighted by Gasteiger charge is 2.39. The molecule has 0 bridgehead atoms. The Kier molecular flexibility index (Phi) is 3.19. The number of benzene rings is 1. The molecule has 0 fully saturated rings. The number of aliphatic carboxylic acids is 1. The number of rotatable bonds is 3. The van der Waals surface area contributed by atoms with E-state index in [0.717, 1.165) is 11.1 Å². The molecule has 4 nitrogen and oxygen atoms in total. The van der Waals surface area contributed by atoms with Crippen molar-refractivity contribution in [2.24, 2.45) is 5.92 Å². The van der Waals surface area contributed by atoms with Gasteiger partial charge in [0.1, 0.15) is 0 Å². The number of carbonyl (C=O) groups is 1. The Balaban J connectivity index is 2.35. The molecule has 18 heavy (non-hydrogen) atoms. The lowest BCUT2D eigenvalue weighted by molar-refractivity contribution is -0.141. The maximum Gasteiger partial charge on any atom is 0.306 e. The van der Waals surface area contributed by atoms with E-state index < -0.39 is 27.0 Å². The molecule has 0 saturated heterocycles. The van der Waals surface area contributed by atoms with Crippen LogP contribution in [0.3, 0.4) is 0 Å². The van der Waals surface area contributed by atoms with E-state index in [1.165, 1.54) is 0 Å². The van der Waals surface area contributed by atoms with Gasteiger partial charge >= 0.3 is 5.97 Å². The summed E-state index contributed by atoms with van der Waals surface area (Å²) in [5.74, 6) is -1.59. The minimum absolute atomic E-state index is 0.172. The molecule has 0 aromatic heterocycles. The first-order chi connectivity index (χ1) is 8.34. The Morgan fingerprint density at radius 3 is 2.72 bits per heavy atom. The number of carboxylic acids is 1. The van der Waals surface area contributed by atoms with E-state index in [9.17, 15) is 13.2 Å². The van der Waals surface area contributed by atoms with Crippen LogP contribution in [-0.4, -0.2) is 24.7 Å². The van der Waals surface area contributed by atoms with Gasteiger partial charge in [0.15, 0.2) is 9.84 Å². The van der Waals surface area contributed by atoms with Gasteiger partial charge in [0.05, 0.1) is 16.1 Å². The number of aryl methyl sites for hydroxylation is 1. The summed E-state index contributed by atoms with van der Waals surface area (Å²) in [5.41, 5.74) is 1.81. The van der Waals surface area contributed by atoms with Crippen molar-refractivity contribution in [2.75, 3.05) is 0 Å². The molecule has 2 rings (SSSR count). The van der Waals surface area contributed by atoms with Crippen LogP contribution in [0.5, 0.6) is 0 Å². The van der Waals surface area contributed by atoms with E-state index in [-0.39, 0.29) is 6.42 Å². The summed E-state index contributed by atoms with van der Waals surface area (Å²) < 4.78 is 24.6. The third-order valence-corrected chi connectivity index (χ3v) is 5.81. The molecule has 0 amide bonds. The zero-order chi connectivity index (χ0) is 13.5. The van der Waals surface area contributed by atoms with E-state index in [1.54, 1.807) is 19.1 Å². The quantitative estimate of drug-likeness (QED) is 0.907. The molecule has 1 aliphatic heterocycles. The van der Waals surface area contributed by atoms with Gasteiger partial charge in [0.25, 0.3) is 0 Å². The van der Waals surface area contributed by atoms with Crippen molar-refractivity contribution in [3.05, 3.63) is 29.3 Å². The lowest BCUT2D eigenvalue weighted by Gasteiger charge is -2.12. The Labute approximate surface area is 107 Å². The Morgan fingerprint density at radius 2 is 2.17 bits per heavy atom. The first-order valence-electron chi connectivity index (χ1n) is 5.89. The monoisotopic (exact) mass is 268 g/mol. The summed E-state index contributed by atoms with van der Waals surface area (Å²) in [4.78, 5) is 11.2. The van der Waals surface area contributed by atoms with Crippen LogP contribution in [-0.2, 0) is 21.1 Å². The van der Waals surface area contributed by atoms with Crippen molar-refractivity contribution < 1.29 is 18.3 Å². The highest BCUT2D eigenvalue weighted by Crippen LogP contribution is 2.35. The second kappa shape index (κ2) is 4.39. The molecule has 1 aromatic carbocycles. The summed E-state index contributed by atoms with van der Waals surface area (Å²) in [6.45, 7) is 3.44. The highest BCUT2D eigenvalue weighted by molar-refractivity contribution is 7.92. The summed E-state index contributed by atoms with van der Waals surface area (Å²) in [6.07, 6.45) is 0.605. The van der Waals surface area contributed by atoms with Crippen molar-refractivity contribution in [1.29, 1.82) is 0 Å². The lowest BCUT2D eigenvalue weighted by atomic mass is 9.99. The minimum Gasteiger partial charge on any atom is -0.481 e. The summed E-state index contributed by atoms with van der Waals surface area (Å²) >= 11 is 0. The fraction of sp³-hybridized carbons (Fsp3) is 0.462. The van der Waals surface area contributed by atoms with Crippen LogP contribution < -0.4 is 0 Å². The van der Waals surface area contributed by atoms with E-state index in [0.29, 0.717) is 11.3 Å². The highest BCUT2D eigenvalue weighted by atomic mass is 32.2. The molecule has 0 spiro atoms. The zero-order valence-electron chi connectivity index (χ0n) is 10.4. The van der Waals surface area contributed by atoms with Gasteiger partial charge in [0, 0.05) is 0 Å². The Hall–Kier alpha value is -1.36. The van der Waals surface area contributed by atoms with Crippen LogP contribution in [0.2, 0.25) is 0 Å². The maximum atomic E-state index is 12.3. The SMILES string of the molecule is Cc1cccc2c1CC(CC(C)C(=O)O)S2(=O)=O. The van der Waals surface area contributed by atoms with Gasteiger partial charge in [-0.15, -0.1) is 0 Å². The largest absolute Gasteiger partial charge is 0.481 e. The topological polar surface area (TPSA) is 71.4 Å². The Morgan fingerprint density at radius 1 is 1.50 bits per heavy atom. The van der Waals surface area contributed by atoms with Gasteiger partial charge in [0.2, 0.25) is 0 Å². The van der Waals surface area contributed by atoms with E-state index in [2.05, 4.69) is 0 Å². The molecule has 2 atom stereocenters. The number of carboxylic acid groups (broad SMARTS) is 1. The summed E-state index contributed by atoms with van der Waals surface area (Å²) in [5, 5.41) is 8.29. The molecule has 2 unspecified atom stereocenters. The second-order valence-corrected chi connectivity index (χ2v) is 7.09. The van der Waals surface area contributed by atoms with Gasteiger partial charge in [-0.2, -0.15) is 0 Å². The van der Waals surface area contributed by atoms with Crippen LogP contribution in [0.25, 0.3) is 0 Å². The molecular formula is C13H16O4S. The second-order valence-electron chi connectivity index (χ2n) is 4.90. The predicted octanol–water partition coefficient (Wildman–Crippen LogP) is 1.80. The first-order valence-corrected chi connectivity index (χ1v) is 7.44. The predicted molar refractivity (Wildman–Crippen MR) is 67.3 cm³/mol. The molecule has 0 saturated carbocycles. The lowest BCUT2D eigenvalue weighted by Crippen LogP contribution is -2.23. The average molecular weight is 268 g/mol. The van der Waals surface area contributed by atoms with Gasteiger partial charge in [-0.1, -0.05) is 19.1 Å². The fourth-order valence-corrected chi connectivity index (χ4v) is 4.57. The summed E-state index contributed by atoms with van der Waals surface area (Å²) in [7, 11) is -3.36. The molecule has 1 N–H and O–H groups in total. The number of hydrogen-bond donors (Lipinski definition) is 1. The van der Waals surface area contributed by atoms with Crippen LogP contribution >= 0.6 is 0 Å². The van der Waals surface area contributed by atoms with Gasteiger partial charge < -0.3 is 5.11 Å². The van der Waals surface area contributed by atoms with Crippen LogP contribution in [0.4, 0.5) is 0 Å². The molecule has 0 aliphatic carbocycles. The smallest absolute Gasteiger partial charge is 0.306 e. The number of hydrogen-bond acceptors (Lipinski definition) is 3. The molecule has 0 radical (unpaired) electrons. The van der Waals surface area contributed by atoms with Crippen LogP contribution in [0.15, 0.2) is 23.1 Å². The number of sulfone groups is 1. The number of fused-ring (bicyclic) bond motifs is 1. The van der Waals surface area contributed by atoms with Crippen molar-refractivity contribution in [3.8, 4) is 0 Å². The van der Waals surface area contributed by atoms with Crippen LogP contribution in [0, 0.1) is 12.8 Å². The van der Waals surface area contributed by atoms with Crippen LogP contribution in [0.1, 0.15) is 24.5 Å². The minimum atomic E-state index is -3.36. The van der Waals surface area contributed by atoms with Crippen molar-refractivity contribution in [2.45, 2.75) is 36.8 Å². The van der Waals surface area contributed by atoms with E-state index >= 15 is 0 Å². The molecule has 5 heteroatoms. The van der Waals surface area contributed by atoms with E-state index in [4.69, 9.17) is 5.11 Å². The maximum absolute atomic E-state index is 12.3. The van der Waals surface area contributed by atoms with Crippen molar-refractivity contribution >= 4 is 15.8 Å². The van der Waals surface area contributed by atoms with E-state index in [1.807, 2.05) is 13.0 Å². The molecular weight excluding hydrogens is 252 g/mol. The molecule has 1 heterocycles. The molecule has 98 valence electrons. The fourth-order valence-electron chi connectivity index (χ4n) is 2.43. The van der Waals surface area contributed by atoms with Gasteiger partial charge in [-0.05, 0) is 37.0 Å². The molecule has 1 aliphatic rings. The van der Waals surface area contributed by atoms with Crippen molar-refractivity contribution in [3.63, 3.8) is 0 Å². The van der Waals surface area contributed by atoms with Gasteiger partial charge in [-0.25, -0.2) is 8.42 Å². The Bertz CT molecular complexity index is 589. The molecule has 1 aromatic rings. The standard InChI is InChI=1S/C13H16O4S/c1-8-4-3-5-12-11(8)7-10(18(12,16)17)6-9(2)13(14)15/h3-5,9-10H,6-7H2,1-2H3,(H,14,15).